The SMILES string of the molecule is CN(Cc1ccccc1Br)C(=O)c1ccoc1Cl. The minimum atomic E-state index is -0.162. The highest BCUT2D eigenvalue weighted by Gasteiger charge is 2.17. The number of furan rings is 1. The highest BCUT2D eigenvalue weighted by atomic mass is 79.9. The molecule has 3 nitrogen and oxygen atoms in total. The number of nitrogens with zero attached hydrogens (tertiary/aromatic N) is 1. The molecule has 0 saturated heterocycles. The number of benzene rings is 1. The highest BCUT2D eigenvalue weighted by Crippen LogP contribution is 2.21. The van der Waals surface area contributed by atoms with Gasteiger partial charge in [-0.1, -0.05) is 34.1 Å². The third kappa shape index (κ3) is 2.76. The lowest BCUT2D eigenvalue weighted by Gasteiger charge is -2.17. The van der Waals surface area contributed by atoms with Crippen LogP contribution in [0.4, 0.5) is 0 Å². The van der Waals surface area contributed by atoms with Gasteiger partial charge in [-0.3, -0.25) is 4.79 Å². The van der Waals surface area contributed by atoms with Crippen molar-refractivity contribution in [1.29, 1.82) is 0 Å². The molecule has 0 atom stereocenters. The van der Waals surface area contributed by atoms with Crippen molar-refractivity contribution < 1.29 is 9.21 Å². The fourth-order valence-corrected chi connectivity index (χ4v) is 2.21. The molecular weight excluding hydrogens is 318 g/mol. The van der Waals surface area contributed by atoms with Gasteiger partial charge in [-0.2, -0.15) is 0 Å². The maximum absolute atomic E-state index is 12.1. The van der Waals surface area contributed by atoms with Crippen molar-refractivity contribution in [3.63, 3.8) is 0 Å². The highest BCUT2D eigenvalue weighted by molar-refractivity contribution is 9.10. The van der Waals surface area contributed by atoms with Crippen molar-refractivity contribution in [3.05, 3.63) is 57.4 Å². The van der Waals surface area contributed by atoms with Gasteiger partial charge >= 0.3 is 0 Å². The van der Waals surface area contributed by atoms with Crippen molar-refractivity contribution in [1.82, 2.24) is 4.90 Å². The van der Waals surface area contributed by atoms with Crippen molar-refractivity contribution in [2.45, 2.75) is 6.54 Å². The summed E-state index contributed by atoms with van der Waals surface area (Å²) in [6, 6.07) is 9.34. The molecule has 0 aliphatic carbocycles. The first kappa shape index (κ1) is 13.2. The van der Waals surface area contributed by atoms with Crippen LogP contribution in [0.1, 0.15) is 15.9 Å². The molecule has 0 bridgehead atoms. The second-order valence-electron chi connectivity index (χ2n) is 3.86. The van der Waals surface area contributed by atoms with Gasteiger partial charge in [-0.05, 0) is 29.3 Å². The molecule has 2 rings (SSSR count). The number of rotatable bonds is 3. The van der Waals surface area contributed by atoms with E-state index in [2.05, 4.69) is 15.9 Å². The van der Waals surface area contributed by atoms with Gasteiger partial charge in [0.05, 0.1) is 11.8 Å². The predicted octanol–water partition coefficient (Wildman–Crippen LogP) is 3.97. The van der Waals surface area contributed by atoms with E-state index in [1.54, 1.807) is 18.0 Å². The molecule has 0 aliphatic rings. The van der Waals surface area contributed by atoms with Crippen LogP contribution in [0, 0.1) is 0 Å². The standard InChI is InChI=1S/C13H11BrClNO2/c1-16(8-9-4-2-3-5-11(9)14)13(17)10-6-7-18-12(10)15/h2-7H,8H2,1H3. The van der Waals surface area contributed by atoms with Crippen LogP contribution in [0.3, 0.4) is 0 Å². The van der Waals surface area contributed by atoms with Gasteiger partial charge in [-0.25, -0.2) is 0 Å². The normalized spacial score (nSPS) is 10.4. The summed E-state index contributed by atoms with van der Waals surface area (Å²) in [6.45, 7) is 0.502. The topological polar surface area (TPSA) is 33.5 Å². The minimum absolute atomic E-state index is 0.124. The fraction of sp³-hybridized carbons (Fsp3) is 0.154. The molecule has 1 aromatic heterocycles. The Balaban J connectivity index is 2.14. The van der Waals surface area contributed by atoms with Gasteiger partial charge in [0.2, 0.25) is 5.22 Å². The fourth-order valence-electron chi connectivity index (χ4n) is 1.61. The Morgan fingerprint density at radius 1 is 1.39 bits per heavy atom. The lowest BCUT2D eigenvalue weighted by molar-refractivity contribution is 0.0784. The van der Waals surface area contributed by atoms with E-state index >= 15 is 0 Å². The monoisotopic (exact) mass is 327 g/mol. The molecule has 1 aromatic carbocycles. The first-order valence-electron chi connectivity index (χ1n) is 5.31. The van der Waals surface area contributed by atoms with Gasteiger partial charge in [0, 0.05) is 18.1 Å². The maximum Gasteiger partial charge on any atom is 0.258 e. The first-order valence-corrected chi connectivity index (χ1v) is 6.48. The van der Waals surface area contributed by atoms with Crippen LogP contribution in [0.25, 0.3) is 0 Å². The summed E-state index contributed by atoms with van der Waals surface area (Å²) in [5.74, 6) is -0.162. The van der Waals surface area contributed by atoms with E-state index in [1.807, 2.05) is 24.3 Å². The number of carbonyl (C=O) groups excluding carboxylic acids is 1. The quantitative estimate of drug-likeness (QED) is 0.854. The van der Waals surface area contributed by atoms with E-state index in [0.717, 1.165) is 10.0 Å². The second-order valence-corrected chi connectivity index (χ2v) is 5.06. The van der Waals surface area contributed by atoms with E-state index < -0.39 is 0 Å². The Hall–Kier alpha value is -1.26. The molecular formula is C13H11BrClNO2. The number of hydrogen-bond donors (Lipinski definition) is 0. The van der Waals surface area contributed by atoms with Crippen LogP contribution in [0.5, 0.6) is 0 Å². The largest absolute Gasteiger partial charge is 0.452 e. The van der Waals surface area contributed by atoms with Crippen molar-refractivity contribution in [2.24, 2.45) is 0 Å². The Morgan fingerprint density at radius 3 is 2.72 bits per heavy atom. The molecule has 0 aliphatic heterocycles. The molecule has 0 fully saturated rings. The van der Waals surface area contributed by atoms with Crippen LogP contribution in [0.15, 0.2) is 45.5 Å². The third-order valence-corrected chi connectivity index (χ3v) is 3.63. The Kier molecular flexibility index (Phi) is 4.09. The predicted molar refractivity (Wildman–Crippen MR) is 73.7 cm³/mol. The Labute approximate surface area is 118 Å². The molecule has 2 aromatic rings. The minimum Gasteiger partial charge on any atom is -0.452 e. The van der Waals surface area contributed by atoms with Crippen molar-refractivity contribution >= 4 is 33.4 Å². The van der Waals surface area contributed by atoms with E-state index in [9.17, 15) is 4.79 Å². The van der Waals surface area contributed by atoms with Gasteiger partial charge in [0.15, 0.2) is 0 Å². The summed E-state index contributed by atoms with van der Waals surface area (Å²) in [6.07, 6.45) is 1.40. The average molecular weight is 329 g/mol. The molecule has 1 heterocycles. The summed E-state index contributed by atoms with van der Waals surface area (Å²) in [5, 5.41) is 0.124. The van der Waals surface area contributed by atoms with E-state index in [-0.39, 0.29) is 11.1 Å². The summed E-state index contributed by atoms with van der Waals surface area (Å²) >= 11 is 9.24. The zero-order valence-corrected chi connectivity index (χ0v) is 12.0. The number of carbonyl (C=O) groups is 1. The van der Waals surface area contributed by atoms with Crippen LogP contribution in [0.2, 0.25) is 5.22 Å². The molecule has 94 valence electrons. The Morgan fingerprint density at radius 2 is 2.11 bits per heavy atom. The molecule has 18 heavy (non-hydrogen) atoms. The van der Waals surface area contributed by atoms with Crippen LogP contribution < -0.4 is 0 Å². The lowest BCUT2D eigenvalue weighted by Crippen LogP contribution is -2.26. The maximum atomic E-state index is 12.1. The van der Waals surface area contributed by atoms with Crippen molar-refractivity contribution in [3.8, 4) is 0 Å². The average Bonchev–Trinajstić information content (AvgIpc) is 2.77. The first-order chi connectivity index (χ1) is 8.59. The lowest BCUT2D eigenvalue weighted by atomic mass is 10.2. The number of hydrogen-bond acceptors (Lipinski definition) is 2. The Bertz CT molecular complexity index is 568. The summed E-state index contributed by atoms with van der Waals surface area (Å²) < 4.78 is 5.89. The van der Waals surface area contributed by atoms with Crippen LogP contribution >= 0.6 is 27.5 Å². The van der Waals surface area contributed by atoms with Crippen molar-refractivity contribution in [2.75, 3.05) is 7.05 Å². The zero-order valence-electron chi connectivity index (χ0n) is 9.69. The summed E-state index contributed by atoms with van der Waals surface area (Å²) in [4.78, 5) is 13.7. The smallest absolute Gasteiger partial charge is 0.258 e. The molecule has 1 amide bonds. The van der Waals surface area contributed by atoms with Gasteiger partial charge in [-0.15, -0.1) is 0 Å². The molecule has 0 N–H and O–H groups in total. The number of halogens is 2. The van der Waals surface area contributed by atoms with E-state index in [4.69, 9.17) is 16.0 Å². The van der Waals surface area contributed by atoms with E-state index in [1.165, 1.54) is 6.26 Å². The summed E-state index contributed by atoms with van der Waals surface area (Å²) in [5.41, 5.74) is 1.42. The van der Waals surface area contributed by atoms with Gasteiger partial charge in [0.25, 0.3) is 5.91 Å². The molecule has 0 spiro atoms. The van der Waals surface area contributed by atoms with Gasteiger partial charge in [0.1, 0.15) is 0 Å². The summed E-state index contributed by atoms with van der Waals surface area (Å²) in [7, 11) is 1.73. The van der Waals surface area contributed by atoms with Gasteiger partial charge < -0.3 is 9.32 Å². The zero-order chi connectivity index (χ0) is 13.1. The molecule has 0 radical (unpaired) electrons. The van der Waals surface area contributed by atoms with Crippen LogP contribution in [-0.4, -0.2) is 17.9 Å². The second kappa shape index (κ2) is 5.59. The molecule has 0 unspecified atom stereocenters. The third-order valence-electron chi connectivity index (χ3n) is 2.56. The molecule has 5 heteroatoms. The molecule has 0 saturated carbocycles. The number of amides is 1. The van der Waals surface area contributed by atoms with E-state index in [0.29, 0.717) is 12.1 Å². The van der Waals surface area contributed by atoms with Crippen LogP contribution in [-0.2, 0) is 6.54 Å².